The topological polar surface area (TPSA) is 29.1 Å². The molecule has 1 unspecified atom stereocenters. The second-order valence-electron chi connectivity index (χ2n) is 5.40. The molecule has 1 amide bonds. The Hall–Kier alpha value is 0.170. The second-order valence-corrected chi connectivity index (χ2v) is 8.40. The van der Waals surface area contributed by atoms with Gasteiger partial charge in [0.1, 0.15) is 0 Å². The van der Waals surface area contributed by atoms with E-state index in [1.165, 1.54) is 44.9 Å². The molecule has 1 atom stereocenters. The van der Waals surface area contributed by atoms with Gasteiger partial charge in [0.2, 0.25) is 5.91 Å². The van der Waals surface area contributed by atoms with E-state index in [2.05, 4.69) is 26.1 Å². The maximum absolute atomic E-state index is 10.8. The summed E-state index contributed by atoms with van der Waals surface area (Å²) in [5, 5.41) is 2.85. The molecule has 0 fully saturated rings. The smallest absolute Gasteiger partial charge is 0.216 e. The Morgan fingerprint density at radius 1 is 1.11 bits per heavy atom. The Morgan fingerprint density at radius 3 is 2.32 bits per heavy atom. The summed E-state index contributed by atoms with van der Waals surface area (Å²) in [6, 6.07) is 0. The van der Waals surface area contributed by atoms with E-state index in [1.807, 2.05) is 21.6 Å². The summed E-state index contributed by atoms with van der Waals surface area (Å²) in [5.41, 5.74) is 0. The Labute approximate surface area is 127 Å². The summed E-state index contributed by atoms with van der Waals surface area (Å²) in [5.74, 6) is 1.07. The van der Waals surface area contributed by atoms with E-state index in [0.29, 0.717) is 4.75 Å². The molecule has 0 radical (unpaired) electrons. The zero-order chi connectivity index (χ0) is 14.6. The lowest BCUT2D eigenvalue weighted by Crippen LogP contribution is -2.23. The number of carbonyl (C=O) groups is 1. The number of unbranched alkanes of at least 4 members (excludes halogenated alkanes) is 3. The molecule has 0 spiro atoms. The fourth-order valence-corrected chi connectivity index (χ4v) is 4.82. The fraction of sp³-hybridized carbons (Fsp3) is 0.933. The van der Waals surface area contributed by atoms with Gasteiger partial charge in [-0.3, -0.25) is 4.79 Å². The summed E-state index contributed by atoms with van der Waals surface area (Å²) in [4.78, 5) is 10.8. The van der Waals surface area contributed by atoms with Crippen LogP contribution in [0.15, 0.2) is 0 Å². The Morgan fingerprint density at radius 2 is 1.74 bits per heavy atom. The van der Waals surface area contributed by atoms with E-state index in [9.17, 15) is 4.79 Å². The molecule has 0 aromatic heterocycles. The summed E-state index contributed by atoms with van der Waals surface area (Å²) < 4.78 is 0.409. The maximum atomic E-state index is 10.8. The van der Waals surface area contributed by atoms with Crippen molar-refractivity contribution in [2.24, 2.45) is 0 Å². The first-order valence-electron chi connectivity index (χ1n) is 7.59. The first-order valence-corrected chi connectivity index (χ1v) is 9.91. The van der Waals surface area contributed by atoms with Crippen molar-refractivity contribution in [3.8, 4) is 0 Å². The Kier molecular flexibility index (Phi) is 12.1. The first-order chi connectivity index (χ1) is 9.04. The normalized spacial score (nSPS) is 14.1. The molecule has 4 heteroatoms. The van der Waals surface area contributed by atoms with Gasteiger partial charge in [0, 0.05) is 24.0 Å². The van der Waals surface area contributed by atoms with E-state index in [0.717, 1.165) is 12.3 Å². The van der Waals surface area contributed by atoms with Crippen LogP contribution in [-0.4, -0.2) is 23.0 Å². The molecule has 0 aromatic carbocycles. The van der Waals surface area contributed by atoms with Crippen molar-refractivity contribution >= 4 is 27.5 Å². The van der Waals surface area contributed by atoms with Gasteiger partial charge in [0.05, 0.1) is 0 Å². The van der Waals surface area contributed by atoms with Crippen LogP contribution in [0.1, 0.15) is 72.6 Å². The van der Waals surface area contributed by atoms with Gasteiger partial charge < -0.3 is 5.32 Å². The van der Waals surface area contributed by atoms with Gasteiger partial charge >= 0.3 is 0 Å². The van der Waals surface area contributed by atoms with Crippen molar-refractivity contribution in [2.45, 2.75) is 77.4 Å². The van der Waals surface area contributed by atoms with Crippen molar-refractivity contribution in [1.82, 2.24) is 5.32 Å². The zero-order valence-corrected chi connectivity index (χ0v) is 14.7. The number of hydrogen-bond acceptors (Lipinski definition) is 3. The number of rotatable bonds is 12. The average molecular weight is 306 g/mol. The molecule has 0 aliphatic carbocycles. The predicted molar refractivity (Wildman–Crippen MR) is 90.8 cm³/mol. The third-order valence-corrected chi connectivity index (χ3v) is 6.55. The highest BCUT2D eigenvalue weighted by molar-refractivity contribution is 8.77. The summed E-state index contributed by atoms with van der Waals surface area (Å²) in [7, 11) is 3.94. The SMILES string of the molecule is CCCCCC(C)(CCCC)SSCCNC(C)=O. The van der Waals surface area contributed by atoms with E-state index >= 15 is 0 Å². The molecule has 0 aliphatic rings. The van der Waals surface area contributed by atoms with Crippen LogP contribution in [0.4, 0.5) is 0 Å². The molecule has 0 saturated heterocycles. The first kappa shape index (κ1) is 19.2. The third-order valence-electron chi connectivity index (χ3n) is 3.19. The molecule has 0 aromatic rings. The van der Waals surface area contributed by atoms with Gasteiger partial charge in [-0.1, -0.05) is 67.5 Å². The van der Waals surface area contributed by atoms with E-state index in [1.54, 1.807) is 6.92 Å². The van der Waals surface area contributed by atoms with Gasteiger partial charge in [-0.05, 0) is 19.8 Å². The van der Waals surface area contributed by atoms with Crippen LogP contribution < -0.4 is 5.32 Å². The van der Waals surface area contributed by atoms with Crippen LogP contribution >= 0.6 is 21.6 Å². The van der Waals surface area contributed by atoms with Crippen LogP contribution in [0.5, 0.6) is 0 Å². The lowest BCUT2D eigenvalue weighted by Gasteiger charge is -2.28. The van der Waals surface area contributed by atoms with Gasteiger partial charge in [0.15, 0.2) is 0 Å². The van der Waals surface area contributed by atoms with Crippen LogP contribution in [0, 0.1) is 0 Å². The minimum absolute atomic E-state index is 0.0716. The summed E-state index contributed by atoms with van der Waals surface area (Å²) in [6.07, 6.45) is 9.21. The van der Waals surface area contributed by atoms with Crippen LogP contribution in [-0.2, 0) is 4.79 Å². The zero-order valence-electron chi connectivity index (χ0n) is 13.1. The predicted octanol–water partition coefficient (Wildman–Crippen LogP) is 5.03. The van der Waals surface area contributed by atoms with Crippen molar-refractivity contribution in [2.75, 3.05) is 12.3 Å². The molecular formula is C15H31NOS2. The minimum atomic E-state index is 0.0716. The molecule has 1 N–H and O–H groups in total. The average Bonchev–Trinajstić information content (AvgIpc) is 2.36. The molecule has 114 valence electrons. The van der Waals surface area contributed by atoms with Gasteiger partial charge in [-0.2, -0.15) is 0 Å². The number of carbonyl (C=O) groups excluding carboxylic acids is 1. The highest BCUT2D eigenvalue weighted by Crippen LogP contribution is 2.42. The lowest BCUT2D eigenvalue weighted by molar-refractivity contribution is -0.118. The van der Waals surface area contributed by atoms with Crippen LogP contribution in [0.2, 0.25) is 0 Å². The molecular weight excluding hydrogens is 274 g/mol. The van der Waals surface area contributed by atoms with E-state index in [-0.39, 0.29) is 5.91 Å². The molecule has 19 heavy (non-hydrogen) atoms. The molecule has 0 heterocycles. The van der Waals surface area contributed by atoms with Crippen molar-refractivity contribution in [3.05, 3.63) is 0 Å². The summed E-state index contributed by atoms with van der Waals surface area (Å²) in [6.45, 7) is 9.30. The highest BCUT2D eigenvalue weighted by atomic mass is 33.1. The Bertz CT molecular complexity index is 236. The van der Waals surface area contributed by atoms with Crippen LogP contribution in [0.25, 0.3) is 0 Å². The molecule has 0 aliphatic heterocycles. The second kappa shape index (κ2) is 12.0. The quantitative estimate of drug-likeness (QED) is 0.405. The van der Waals surface area contributed by atoms with Crippen molar-refractivity contribution in [1.29, 1.82) is 0 Å². The number of nitrogens with one attached hydrogen (secondary N) is 1. The van der Waals surface area contributed by atoms with Gasteiger partial charge in [-0.15, -0.1) is 0 Å². The fourth-order valence-electron chi connectivity index (χ4n) is 1.96. The number of hydrogen-bond donors (Lipinski definition) is 1. The van der Waals surface area contributed by atoms with Gasteiger partial charge in [0.25, 0.3) is 0 Å². The summed E-state index contributed by atoms with van der Waals surface area (Å²) >= 11 is 0. The van der Waals surface area contributed by atoms with E-state index < -0.39 is 0 Å². The van der Waals surface area contributed by atoms with Crippen molar-refractivity contribution in [3.63, 3.8) is 0 Å². The van der Waals surface area contributed by atoms with Crippen LogP contribution in [0.3, 0.4) is 0 Å². The Balaban J connectivity index is 3.92. The van der Waals surface area contributed by atoms with Crippen molar-refractivity contribution < 1.29 is 4.79 Å². The van der Waals surface area contributed by atoms with Gasteiger partial charge in [-0.25, -0.2) is 0 Å². The number of amides is 1. The third kappa shape index (κ3) is 11.7. The molecule has 0 bridgehead atoms. The highest BCUT2D eigenvalue weighted by Gasteiger charge is 2.24. The maximum Gasteiger partial charge on any atom is 0.216 e. The lowest BCUT2D eigenvalue weighted by atomic mass is 9.96. The largest absolute Gasteiger partial charge is 0.355 e. The minimum Gasteiger partial charge on any atom is -0.355 e. The standard InChI is InChI=1S/C15H31NOS2/c1-5-7-9-11-15(4,10-8-6-2)19-18-13-12-16-14(3)17/h5-13H2,1-4H3,(H,16,17). The monoisotopic (exact) mass is 305 g/mol. The molecule has 0 rings (SSSR count). The molecule has 0 saturated carbocycles. The molecule has 2 nitrogen and oxygen atoms in total. The van der Waals surface area contributed by atoms with E-state index in [4.69, 9.17) is 0 Å².